The Hall–Kier alpha value is -3.08. The Bertz CT molecular complexity index is 1250. The quantitative estimate of drug-likeness (QED) is 0.370. The summed E-state index contributed by atoms with van der Waals surface area (Å²) in [6.45, 7) is 0.230. The minimum Gasteiger partial charge on any atom is -0.326 e. The van der Waals surface area contributed by atoms with Crippen LogP contribution in [-0.2, 0) is 16.1 Å². The van der Waals surface area contributed by atoms with E-state index in [9.17, 15) is 14.4 Å². The molecule has 0 radical (unpaired) electrons. The minimum atomic E-state index is -0.985. The lowest BCUT2D eigenvalue weighted by Gasteiger charge is -2.24. The summed E-state index contributed by atoms with van der Waals surface area (Å²) >= 11 is 12.3. The first-order valence-corrected chi connectivity index (χ1v) is 12.6. The van der Waals surface area contributed by atoms with Crippen LogP contribution in [0.25, 0.3) is 0 Å². The van der Waals surface area contributed by atoms with Crippen LogP contribution in [0, 0.1) is 0 Å². The lowest BCUT2D eigenvalue weighted by molar-refractivity contribution is -0.131. The van der Waals surface area contributed by atoms with Crippen LogP contribution in [0.15, 0.2) is 87.8 Å². The fraction of sp³-hybridized carbons (Fsp3) is 0.120. The van der Waals surface area contributed by atoms with E-state index in [0.29, 0.717) is 11.3 Å². The second-order valence-electron chi connectivity index (χ2n) is 7.79. The highest BCUT2D eigenvalue weighted by Crippen LogP contribution is 2.23. The zero-order valence-corrected chi connectivity index (χ0v) is 22.3. The molecule has 0 saturated carbocycles. The number of hydrazine groups is 1. The minimum absolute atomic E-state index is 0.130. The highest BCUT2D eigenvalue weighted by molar-refractivity contribution is 9.10. The standard InChI is InChI=1S/C25H20Br2N4O3S/c26-18-8-6-17(7-9-18)23(33)29-31-21(14-22(32)28-20-12-10-19(27)11-13-20)24(34)30(25(31)35)15-16-4-2-1-3-5-16/h1-13,21H,14-15H2,(H,28,32)(H,29,33). The Kier molecular flexibility index (Phi) is 7.94. The molecule has 1 fully saturated rings. The van der Waals surface area contributed by atoms with E-state index >= 15 is 0 Å². The first-order chi connectivity index (χ1) is 16.8. The molecule has 0 bridgehead atoms. The predicted molar refractivity (Wildman–Crippen MR) is 144 cm³/mol. The van der Waals surface area contributed by atoms with Crippen LogP contribution in [0.1, 0.15) is 22.3 Å². The summed E-state index contributed by atoms with van der Waals surface area (Å²) in [5, 5.41) is 4.23. The maximum Gasteiger partial charge on any atom is 0.269 e. The molecule has 2 N–H and O–H groups in total. The van der Waals surface area contributed by atoms with Gasteiger partial charge >= 0.3 is 0 Å². The fourth-order valence-electron chi connectivity index (χ4n) is 3.56. The molecule has 0 aliphatic carbocycles. The number of hydrogen-bond acceptors (Lipinski definition) is 4. The van der Waals surface area contributed by atoms with Crippen molar-refractivity contribution in [3.05, 3.63) is 98.9 Å². The van der Waals surface area contributed by atoms with Crippen molar-refractivity contribution in [2.75, 3.05) is 5.32 Å². The molecule has 178 valence electrons. The number of nitrogens with zero attached hydrogens (tertiary/aromatic N) is 2. The van der Waals surface area contributed by atoms with Crippen LogP contribution in [0.4, 0.5) is 5.69 Å². The molecule has 35 heavy (non-hydrogen) atoms. The van der Waals surface area contributed by atoms with Crippen molar-refractivity contribution in [1.29, 1.82) is 0 Å². The Labute approximate surface area is 224 Å². The van der Waals surface area contributed by atoms with E-state index in [4.69, 9.17) is 12.2 Å². The molecule has 1 atom stereocenters. The van der Waals surface area contributed by atoms with E-state index in [2.05, 4.69) is 42.6 Å². The third-order valence-corrected chi connectivity index (χ3v) is 6.79. The number of rotatable bonds is 7. The number of carbonyl (C=O) groups is 3. The number of nitrogens with one attached hydrogen (secondary N) is 2. The van der Waals surface area contributed by atoms with Crippen molar-refractivity contribution in [2.45, 2.75) is 19.0 Å². The molecule has 3 aromatic rings. The van der Waals surface area contributed by atoms with E-state index in [-0.39, 0.29) is 29.9 Å². The molecule has 1 unspecified atom stereocenters. The topological polar surface area (TPSA) is 81.8 Å². The lowest BCUT2D eigenvalue weighted by atomic mass is 10.1. The molecule has 10 heteroatoms. The molecular formula is C25H20Br2N4O3S. The molecule has 0 aromatic heterocycles. The number of halogens is 2. The summed E-state index contributed by atoms with van der Waals surface area (Å²) in [5.41, 5.74) is 4.59. The average Bonchev–Trinajstić information content (AvgIpc) is 3.05. The molecular weight excluding hydrogens is 596 g/mol. The smallest absolute Gasteiger partial charge is 0.269 e. The van der Waals surface area contributed by atoms with Crippen LogP contribution in [-0.4, -0.2) is 38.8 Å². The number of thiocarbonyl (C=S) groups is 1. The normalized spacial score (nSPS) is 15.3. The Morgan fingerprint density at radius 2 is 1.49 bits per heavy atom. The fourth-order valence-corrected chi connectivity index (χ4v) is 4.42. The van der Waals surface area contributed by atoms with Gasteiger partial charge in [-0.1, -0.05) is 62.2 Å². The summed E-state index contributed by atoms with van der Waals surface area (Å²) in [6, 6.07) is 22.3. The van der Waals surface area contributed by atoms with Crippen molar-refractivity contribution in [3.8, 4) is 0 Å². The third-order valence-electron chi connectivity index (χ3n) is 5.32. The van der Waals surface area contributed by atoms with Gasteiger partial charge in [0.1, 0.15) is 6.04 Å². The van der Waals surface area contributed by atoms with Gasteiger partial charge in [-0.25, -0.2) is 5.01 Å². The predicted octanol–water partition coefficient (Wildman–Crippen LogP) is 4.88. The molecule has 4 rings (SSSR count). The third kappa shape index (κ3) is 6.14. The van der Waals surface area contributed by atoms with Gasteiger partial charge in [-0.05, 0) is 66.3 Å². The Morgan fingerprint density at radius 3 is 2.11 bits per heavy atom. The summed E-state index contributed by atoms with van der Waals surface area (Å²) < 4.78 is 1.71. The van der Waals surface area contributed by atoms with Crippen molar-refractivity contribution in [2.24, 2.45) is 0 Å². The van der Waals surface area contributed by atoms with Crippen molar-refractivity contribution in [1.82, 2.24) is 15.3 Å². The Balaban J connectivity index is 1.55. The lowest BCUT2D eigenvalue weighted by Crippen LogP contribution is -2.49. The van der Waals surface area contributed by atoms with Crippen molar-refractivity contribution >= 4 is 72.6 Å². The van der Waals surface area contributed by atoms with Crippen LogP contribution in [0.3, 0.4) is 0 Å². The van der Waals surface area contributed by atoms with Crippen LogP contribution in [0.2, 0.25) is 0 Å². The molecule has 1 aliphatic rings. The van der Waals surface area contributed by atoms with Crippen molar-refractivity contribution in [3.63, 3.8) is 0 Å². The van der Waals surface area contributed by atoms with Crippen molar-refractivity contribution < 1.29 is 14.4 Å². The second kappa shape index (κ2) is 11.1. The summed E-state index contributed by atoms with van der Waals surface area (Å²) in [6.07, 6.45) is -0.194. The maximum atomic E-state index is 13.4. The van der Waals surface area contributed by atoms with Gasteiger partial charge in [0.2, 0.25) is 5.91 Å². The second-order valence-corrected chi connectivity index (χ2v) is 9.98. The molecule has 7 nitrogen and oxygen atoms in total. The zero-order chi connectivity index (χ0) is 24.9. The molecule has 0 spiro atoms. The summed E-state index contributed by atoms with van der Waals surface area (Å²) in [7, 11) is 0. The maximum absolute atomic E-state index is 13.4. The van der Waals surface area contributed by atoms with E-state index in [0.717, 1.165) is 14.5 Å². The SMILES string of the molecule is O=C(CC1C(=O)N(Cc2ccccc2)C(=S)N1NC(=O)c1ccc(Br)cc1)Nc1ccc(Br)cc1. The van der Waals surface area contributed by atoms with Gasteiger partial charge in [-0.15, -0.1) is 0 Å². The van der Waals surface area contributed by atoms with Crippen LogP contribution >= 0.6 is 44.1 Å². The van der Waals surface area contributed by atoms with Gasteiger partial charge in [0.05, 0.1) is 13.0 Å². The first-order valence-electron chi connectivity index (χ1n) is 10.6. The van der Waals surface area contributed by atoms with E-state index in [1.807, 2.05) is 30.3 Å². The van der Waals surface area contributed by atoms with Gasteiger partial charge in [0, 0.05) is 20.2 Å². The number of carbonyl (C=O) groups excluding carboxylic acids is 3. The molecule has 3 aromatic carbocycles. The van der Waals surface area contributed by atoms with Crippen LogP contribution in [0.5, 0.6) is 0 Å². The van der Waals surface area contributed by atoms with E-state index in [1.54, 1.807) is 48.5 Å². The van der Waals surface area contributed by atoms with Gasteiger partial charge in [0.25, 0.3) is 11.8 Å². The van der Waals surface area contributed by atoms with Gasteiger partial charge in [-0.3, -0.25) is 24.7 Å². The largest absolute Gasteiger partial charge is 0.326 e. The highest BCUT2D eigenvalue weighted by atomic mass is 79.9. The van der Waals surface area contributed by atoms with Gasteiger partial charge in [0.15, 0.2) is 5.11 Å². The van der Waals surface area contributed by atoms with E-state index in [1.165, 1.54) is 9.91 Å². The van der Waals surface area contributed by atoms with Gasteiger partial charge < -0.3 is 5.32 Å². The van der Waals surface area contributed by atoms with Crippen LogP contribution < -0.4 is 10.7 Å². The number of anilines is 1. The Morgan fingerprint density at radius 1 is 0.886 bits per heavy atom. The van der Waals surface area contributed by atoms with Gasteiger partial charge in [-0.2, -0.15) is 0 Å². The monoisotopic (exact) mass is 614 g/mol. The average molecular weight is 616 g/mol. The zero-order valence-electron chi connectivity index (χ0n) is 18.3. The number of benzene rings is 3. The number of amides is 3. The first kappa shape index (κ1) is 25.0. The van der Waals surface area contributed by atoms with E-state index < -0.39 is 11.9 Å². The summed E-state index contributed by atoms with van der Waals surface area (Å²) in [4.78, 5) is 40.5. The molecule has 3 amide bonds. The molecule has 1 saturated heterocycles. The highest BCUT2D eigenvalue weighted by Gasteiger charge is 2.44. The molecule has 1 heterocycles. The molecule has 1 aliphatic heterocycles. The summed E-state index contributed by atoms with van der Waals surface area (Å²) in [5.74, 6) is -1.17. The number of hydrogen-bond donors (Lipinski definition) is 2.